The Kier molecular flexibility index (Phi) is 4.46. The van der Waals surface area contributed by atoms with Gasteiger partial charge >= 0.3 is 0 Å². The van der Waals surface area contributed by atoms with Crippen LogP contribution in [0.2, 0.25) is 0 Å². The molecule has 2 heterocycles. The molecule has 3 nitrogen and oxygen atoms in total. The topological polar surface area (TPSA) is 36.4 Å². The zero-order valence-corrected chi connectivity index (χ0v) is 12.6. The molecule has 0 saturated carbocycles. The summed E-state index contributed by atoms with van der Waals surface area (Å²) in [7, 11) is 0. The van der Waals surface area contributed by atoms with Gasteiger partial charge in [-0.15, -0.1) is 0 Å². The van der Waals surface area contributed by atoms with Crippen molar-refractivity contribution < 1.29 is 5.11 Å². The first-order valence-electron chi connectivity index (χ1n) is 7.44. The molecule has 2 rings (SSSR count). The Morgan fingerprint density at radius 2 is 2.11 bits per heavy atom. The van der Waals surface area contributed by atoms with Crippen LogP contribution < -0.4 is 4.90 Å². The molecule has 1 aromatic heterocycles. The maximum atomic E-state index is 9.48. The number of pyridine rings is 1. The third kappa shape index (κ3) is 2.92. The molecular weight excluding hydrogens is 236 g/mol. The number of rotatable bonds is 4. The van der Waals surface area contributed by atoms with Crippen LogP contribution in [0.15, 0.2) is 12.1 Å². The van der Waals surface area contributed by atoms with Crippen LogP contribution in [0.25, 0.3) is 0 Å². The fourth-order valence-corrected chi connectivity index (χ4v) is 2.69. The lowest BCUT2D eigenvalue weighted by molar-refractivity contribution is 0.221. The van der Waals surface area contributed by atoms with Crippen LogP contribution in [0.1, 0.15) is 51.3 Å². The number of fused-ring (bicyclic) bond motifs is 1. The summed E-state index contributed by atoms with van der Waals surface area (Å²) in [6.07, 6.45) is 2.05. The van der Waals surface area contributed by atoms with E-state index in [2.05, 4.69) is 44.7 Å². The van der Waals surface area contributed by atoms with Gasteiger partial charge < -0.3 is 10.0 Å². The van der Waals surface area contributed by atoms with Crippen LogP contribution in [-0.2, 0) is 6.42 Å². The molecule has 0 aliphatic carbocycles. The zero-order valence-electron chi connectivity index (χ0n) is 12.6. The Morgan fingerprint density at radius 3 is 2.68 bits per heavy atom. The highest BCUT2D eigenvalue weighted by atomic mass is 16.3. The second-order valence-electron chi connectivity index (χ2n) is 6.04. The standard InChI is InChI=1S/C16H26N2O/c1-5-12(4)18-9-13(10-19)8-14-6-7-15(11(2)3)17-16(14)18/h6-7,11-13,19H,5,8-10H2,1-4H3. The minimum atomic E-state index is 0.262. The average Bonchev–Trinajstić information content (AvgIpc) is 2.44. The van der Waals surface area contributed by atoms with E-state index in [0.29, 0.717) is 17.9 Å². The highest BCUT2D eigenvalue weighted by Gasteiger charge is 2.28. The number of aliphatic hydroxyl groups is 1. The molecule has 2 unspecified atom stereocenters. The molecule has 0 fully saturated rings. The number of nitrogens with zero attached hydrogens (tertiary/aromatic N) is 2. The van der Waals surface area contributed by atoms with E-state index < -0.39 is 0 Å². The van der Waals surface area contributed by atoms with E-state index in [1.54, 1.807) is 0 Å². The maximum absolute atomic E-state index is 9.48. The normalized spacial score (nSPS) is 20.5. The molecule has 1 aromatic rings. The number of aromatic nitrogens is 1. The van der Waals surface area contributed by atoms with Gasteiger partial charge in [0, 0.05) is 30.8 Å². The summed E-state index contributed by atoms with van der Waals surface area (Å²) >= 11 is 0. The molecule has 0 spiro atoms. The largest absolute Gasteiger partial charge is 0.396 e. The fraction of sp³-hybridized carbons (Fsp3) is 0.688. The first kappa shape index (κ1) is 14.3. The van der Waals surface area contributed by atoms with Crippen LogP contribution >= 0.6 is 0 Å². The third-order valence-corrected chi connectivity index (χ3v) is 4.19. The fourth-order valence-electron chi connectivity index (χ4n) is 2.69. The van der Waals surface area contributed by atoms with Gasteiger partial charge in [-0.25, -0.2) is 4.98 Å². The van der Waals surface area contributed by atoms with Gasteiger partial charge in [-0.1, -0.05) is 26.8 Å². The van der Waals surface area contributed by atoms with Crippen molar-refractivity contribution in [2.24, 2.45) is 5.92 Å². The average molecular weight is 262 g/mol. The van der Waals surface area contributed by atoms with Crippen molar-refractivity contribution in [3.63, 3.8) is 0 Å². The van der Waals surface area contributed by atoms with Gasteiger partial charge in [0.2, 0.25) is 0 Å². The molecule has 19 heavy (non-hydrogen) atoms. The van der Waals surface area contributed by atoms with Crippen molar-refractivity contribution >= 4 is 5.82 Å². The van der Waals surface area contributed by atoms with Gasteiger partial charge in [0.05, 0.1) is 0 Å². The summed E-state index contributed by atoms with van der Waals surface area (Å²) in [6, 6.07) is 4.82. The van der Waals surface area contributed by atoms with Crippen LogP contribution in [0.3, 0.4) is 0 Å². The van der Waals surface area contributed by atoms with Gasteiger partial charge in [-0.3, -0.25) is 0 Å². The van der Waals surface area contributed by atoms with Crippen LogP contribution in [0, 0.1) is 5.92 Å². The minimum Gasteiger partial charge on any atom is -0.396 e. The second-order valence-corrected chi connectivity index (χ2v) is 6.04. The van der Waals surface area contributed by atoms with Gasteiger partial charge in [0.1, 0.15) is 5.82 Å². The lowest BCUT2D eigenvalue weighted by atomic mass is 9.93. The Balaban J connectivity index is 2.39. The molecule has 1 aliphatic heterocycles. The quantitative estimate of drug-likeness (QED) is 0.906. The molecular formula is C16H26N2O. The molecule has 0 amide bonds. The van der Waals surface area contributed by atoms with E-state index in [-0.39, 0.29) is 6.61 Å². The first-order chi connectivity index (χ1) is 9.06. The summed E-state index contributed by atoms with van der Waals surface area (Å²) in [6.45, 7) is 10.0. The SMILES string of the molecule is CCC(C)N1CC(CO)Cc2ccc(C(C)C)nc21. The van der Waals surface area contributed by atoms with Gasteiger partial charge in [0.15, 0.2) is 0 Å². The lowest BCUT2D eigenvalue weighted by Gasteiger charge is -2.38. The molecule has 106 valence electrons. The predicted octanol–water partition coefficient (Wildman–Crippen LogP) is 2.97. The van der Waals surface area contributed by atoms with Crippen LogP contribution in [0.5, 0.6) is 0 Å². The van der Waals surface area contributed by atoms with Crippen molar-refractivity contribution in [3.8, 4) is 0 Å². The van der Waals surface area contributed by atoms with Crippen LogP contribution in [0.4, 0.5) is 5.82 Å². The number of hydrogen-bond acceptors (Lipinski definition) is 3. The number of anilines is 1. The second kappa shape index (κ2) is 5.91. The summed E-state index contributed by atoms with van der Waals surface area (Å²) in [5, 5.41) is 9.48. The smallest absolute Gasteiger partial charge is 0.132 e. The maximum Gasteiger partial charge on any atom is 0.132 e. The van der Waals surface area contributed by atoms with Gasteiger partial charge in [-0.05, 0) is 37.3 Å². The van der Waals surface area contributed by atoms with E-state index in [1.807, 2.05) is 0 Å². The van der Waals surface area contributed by atoms with E-state index in [1.165, 1.54) is 5.56 Å². The molecule has 3 heteroatoms. The minimum absolute atomic E-state index is 0.262. The first-order valence-corrected chi connectivity index (χ1v) is 7.44. The van der Waals surface area contributed by atoms with Crippen molar-refractivity contribution in [2.75, 3.05) is 18.1 Å². The third-order valence-electron chi connectivity index (χ3n) is 4.19. The van der Waals surface area contributed by atoms with Gasteiger partial charge in [-0.2, -0.15) is 0 Å². The molecule has 0 saturated heterocycles. The summed E-state index contributed by atoms with van der Waals surface area (Å²) < 4.78 is 0. The highest BCUT2D eigenvalue weighted by molar-refractivity contribution is 5.51. The molecule has 2 atom stereocenters. The molecule has 0 bridgehead atoms. The Labute approximate surface area is 116 Å². The van der Waals surface area contributed by atoms with Crippen molar-refractivity contribution in [1.29, 1.82) is 0 Å². The van der Waals surface area contributed by atoms with E-state index in [0.717, 1.165) is 30.9 Å². The Morgan fingerprint density at radius 1 is 1.37 bits per heavy atom. The lowest BCUT2D eigenvalue weighted by Crippen LogP contribution is -2.43. The monoisotopic (exact) mass is 262 g/mol. The molecule has 0 aromatic carbocycles. The van der Waals surface area contributed by atoms with E-state index in [4.69, 9.17) is 4.98 Å². The number of hydrogen-bond donors (Lipinski definition) is 1. The summed E-state index contributed by atoms with van der Waals surface area (Å²) in [5.41, 5.74) is 2.45. The zero-order chi connectivity index (χ0) is 14.0. The summed E-state index contributed by atoms with van der Waals surface area (Å²) in [4.78, 5) is 7.26. The predicted molar refractivity (Wildman–Crippen MR) is 79.7 cm³/mol. The Hall–Kier alpha value is -1.09. The van der Waals surface area contributed by atoms with Crippen molar-refractivity contribution in [1.82, 2.24) is 4.98 Å². The molecule has 0 radical (unpaired) electrons. The highest BCUT2D eigenvalue weighted by Crippen LogP contribution is 2.31. The summed E-state index contributed by atoms with van der Waals surface area (Å²) in [5.74, 6) is 1.94. The van der Waals surface area contributed by atoms with Crippen molar-refractivity contribution in [3.05, 3.63) is 23.4 Å². The number of aliphatic hydroxyl groups excluding tert-OH is 1. The molecule has 1 aliphatic rings. The van der Waals surface area contributed by atoms with E-state index in [9.17, 15) is 5.11 Å². The van der Waals surface area contributed by atoms with Crippen LogP contribution in [-0.4, -0.2) is 29.3 Å². The van der Waals surface area contributed by atoms with E-state index >= 15 is 0 Å². The Bertz CT molecular complexity index is 431. The van der Waals surface area contributed by atoms with Gasteiger partial charge in [0.25, 0.3) is 0 Å². The van der Waals surface area contributed by atoms with Crippen molar-refractivity contribution in [2.45, 2.75) is 52.5 Å². The molecule has 1 N–H and O–H groups in total.